The Kier molecular flexibility index (Phi) is 20.6. The van der Waals surface area contributed by atoms with E-state index in [1.807, 2.05) is 37.3 Å². The number of ether oxygens (including phenoxy) is 7. The Balaban J connectivity index is 1.84. The van der Waals surface area contributed by atoms with Crippen LogP contribution in [-0.4, -0.2) is 76.0 Å². The van der Waals surface area contributed by atoms with Crippen molar-refractivity contribution in [3.05, 3.63) is 35.9 Å². The first-order valence-electron chi connectivity index (χ1n) is 17.9. The maximum atomic E-state index is 13.0. The van der Waals surface area contributed by atoms with Gasteiger partial charge in [0.05, 0.1) is 12.5 Å². The van der Waals surface area contributed by atoms with Crippen molar-refractivity contribution in [2.75, 3.05) is 21.3 Å². The van der Waals surface area contributed by atoms with Crippen molar-refractivity contribution < 1.29 is 47.5 Å². The lowest BCUT2D eigenvalue weighted by molar-refractivity contribution is -0.297. The normalized spacial score (nSPS) is 22.2. The zero-order valence-corrected chi connectivity index (χ0v) is 30.5. The number of methoxy groups -OCH3 is 3. The van der Waals surface area contributed by atoms with Crippen molar-refractivity contribution in [1.29, 1.82) is 0 Å². The number of esters is 3. The molecule has 10 nitrogen and oxygen atoms in total. The minimum Gasteiger partial charge on any atom is -0.462 e. The highest BCUT2D eigenvalue weighted by Crippen LogP contribution is 2.28. The lowest BCUT2D eigenvalue weighted by atomic mass is 9.99. The van der Waals surface area contributed by atoms with Gasteiger partial charge in [0.25, 0.3) is 0 Å². The Morgan fingerprint density at radius 1 is 0.688 bits per heavy atom. The van der Waals surface area contributed by atoms with Crippen LogP contribution in [0.25, 0.3) is 0 Å². The van der Waals surface area contributed by atoms with E-state index in [4.69, 9.17) is 33.2 Å². The number of benzene rings is 1. The highest BCUT2D eigenvalue weighted by molar-refractivity contribution is 5.74. The second kappa shape index (κ2) is 23.8. The first-order chi connectivity index (χ1) is 23.1. The summed E-state index contributed by atoms with van der Waals surface area (Å²) in [5.41, 5.74) is 0.894. The van der Waals surface area contributed by atoms with Crippen LogP contribution in [0.4, 0.5) is 0 Å². The van der Waals surface area contributed by atoms with Crippen LogP contribution < -0.4 is 0 Å². The van der Waals surface area contributed by atoms with Gasteiger partial charge in [0.2, 0.25) is 6.29 Å². The fraction of sp³-hybridized carbons (Fsp3) is 0.763. The Hall–Kier alpha value is -2.53. The van der Waals surface area contributed by atoms with Crippen molar-refractivity contribution in [3.8, 4) is 0 Å². The smallest absolute Gasteiger partial charge is 0.309 e. The fourth-order valence-electron chi connectivity index (χ4n) is 6.13. The first-order valence-corrected chi connectivity index (χ1v) is 17.9. The van der Waals surface area contributed by atoms with Crippen molar-refractivity contribution in [2.45, 2.75) is 155 Å². The number of hydrogen-bond donors (Lipinski definition) is 0. The lowest BCUT2D eigenvalue weighted by Gasteiger charge is -2.43. The zero-order chi connectivity index (χ0) is 35.3. The van der Waals surface area contributed by atoms with Crippen LogP contribution in [-0.2, 0) is 54.1 Å². The van der Waals surface area contributed by atoms with Gasteiger partial charge in [0.15, 0.2) is 0 Å². The molecule has 0 aliphatic carbocycles. The number of carbonyl (C=O) groups is 3. The van der Waals surface area contributed by atoms with Crippen LogP contribution in [0.3, 0.4) is 0 Å². The molecule has 2 rings (SSSR count). The Bertz CT molecular complexity index is 1030. The third-order valence-electron chi connectivity index (χ3n) is 8.81. The van der Waals surface area contributed by atoms with Crippen LogP contribution >= 0.6 is 0 Å². The van der Waals surface area contributed by atoms with Crippen molar-refractivity contribution in [1.82, 2.24) is 0 Å². The second-order valence-electron chi connectivity index (χ2n) is 13.6. The summed E-state index contributed by atoms with van der Waals surface area (Å²) in [6.07, 6.45) is 7.59. The molecular weight excluding hydrogens is 616 g/mol. The Labute approximate surface area is 288 Å². The summed E-state index contributed by atoms with van der Waals surface area (Å²) in [4.78, 5) is 38.6. The highest BCUT2D eigenvalue weighted by atomic mass is 16.7. The molecule has 1 fully saturated rings. The average Bonchev–Trinajstić information content (AvgIpc) is 3.04. The number of rotatable bonds is 24. The summed E-state index contributed by atoms with van der Waals surface area (Å²) in [7, 11) is 4.60. The molecule has 0 saturated carbocycles. The molecule has 1 aromatic rings. The third-order valence-corrected chi connectivity index (χ3v) is 8.81. The number of carbonyl (C=O) groups excluding carboxylic acids is 3. The largest absolute Gasteiger partial charge is 0.462 e. The molecular formula is C38H62O10. The molecule has 7 atom stereocenters. The third kappa shape index (κ3) is 16.2. The van der Waals surface area contributed by atoms with E-state index in [-0.39, 0.29) is 31.8 Å². The van der Waals surface area contributed by atoms with E-state index < -0.39 is 54.7 Å². The monoisotopic (exact) mass is 678 g/mol. The lowest BCUT2D eigenvalue weighted by Crippen LogP contribution is -2.59. The van der Waals surface area contributed by atoms with E-state index in [9.17, 15) is 14.4 Å². The first kappa shape index (κ1) is 41.6. The number of unbranched alkanes of at least 4 members (excludes halogenated alkanes) is 7. The van der Waals surface area contributed by atoms with Crippen molar-refractivity contribution in [2.24, 2.45) is 11.8 Å². The van der Waals surface area contributed by atoms with E-state index >= 15 is 0 Å². The summed E-state index contributed by atoms with van der Waals surface area (Å²) >= 11 is 0. The quantitative estimate of drug-likeness (QED) is 0.0625. The summed E-state index contributed by atoms with van der Waals surface area (Å²) in [5, 5.41) is 0. The van der Waals surface area contributed by atoms with Gasteiger partial charge in [-0.3, -0.25) is 14.4 Å². The maximum Gasteiger partial charge on any atom is 0.309 e. The Morgan fingerprint density at radius 3 is 1.83 bits per heavy atom. The minimum absolute atomic E-state index is 0.00352. The molecule has 0 aromatic heterocycles. The van der Waals surface area contributed by atoms with Crippen LogP contribution in [0, 0.1) is 11.8 Å². The Morgan fingerprint density at radius 2 is 1.25 bits per heavy atom. The molecule has 10 heteroatoms. The summed E-state index contributed by atoms with van der Waals surface area (Å²) in [5.74, 6) is -0.984. The SMILES string of the molecule is CO[C@@H]1[C@@H](OC)[C@H](C)O[C@@H](OC(=O)C[C@@H](C)CC(=O)O[C@@H](CCCCCCCCCCC(C)C)CC(=O)OCc2ccccc2)[C@@H]1OC. The van der Waals surface area contributed by atoms with Gasteiger partial charge in [-0.25, -0.2) is 0 Å². The predicted molar refractivity (Wildman–Crippen MR) is 183 cm³/mol. The standard InChI is InChI=1S/C38H62O10/c1-27(2)19-15-12-10-8-9-11-13-18-22-31(25-32(39)45-26-30-20-16-14-17-21-30)47-33(40)23-28(3)24-34(41)48-38-37(44-7)36(43-6)35(42-5)29(4)46-38/h14,16-17,20-21,27-29,31,35-38H,8-13,15,18-19,22-26H2,1-7H3/t28-,29-,31-,35-,36+,37+,38-/m0/s1. The molecule has 48 heavy (non-hydrogen) atoms. The van der Waals surface area contributed by atoms with Gasteiger partial charge in [-0.15, -0.1) is 0 Å². The molecule has 274 valence electrons. The highest BCUT2D eigenvalue weighted by Gasteiger charge is 2.47. The summed E-state index contributed by atoms with van der Waals surface area (Å²) in [6.45, 7) is 8.31. The number of hydrogen-bond acceptors (Lipinski definition) is 10. The van der Waals surface area contributed by atoms with E-state index in [2.05, 4.69) is 13.8 Å². The van der Waals surface area contributed by atoms with Crippen LogP contribution in [0.1, 0.15) is 117 Å². The second-order valence-corrected chi connectivity index (χ2v) is 13.6. The van der Waals surface area contributed by atoms with Crippen LogP contribution in [0.5, 0.6) is 0 Å². The molecule has 0 N–H and O–H groups in total. The zero-order valence-electron chi connectivity index (χ0n) is 30.5. The van der Waals surface area contributed by atoms with E-state index in [1.54, 1.807) is 21.1 Å². The van der Waals surface area contributed by atoms with Gasteiger partial charge in [-0.1, -0.05) is 102 Å². The predicted octanol–water partition coefficient (Wildman–Crippen LogP) is 7.34. The molecule has 1 heterocycles. The van der Waals surface area contributed by atoms with E-state index in [0.717, 1.165) is 30.7 Å². The van der Waals surface area contributed by atoms with Gasteiger partial charge < -0.3 is 33.2 Å². The molecule has 0 radical (unpaired) electrons. The molecule has 0 spiro atoms. The van der Waals surface area contributed by atoms with Crippen molar-refractivity contribution in [3.63, 3.8) is 0 Å². The molecule has 0 amide bonds. The molecule has 1 aliphatic rings. The van der Waals surface area contributed by atoms with Gasteiger partial charge in [0, 0.05) is 34.2 Å². The molecule has 0 unspecified atom stereocenters. The minimum atomic E-state index is -0.982. The average molecular weight is 679 g/mol. The van der Waals surface area contributed by atoms with Gasteiger partial charge >= 0.3 is 17.9 Å². The van der Waals surface area contributed by atoms with Gasteiger partial charge in [-0.05, 0) is 37.2 Å². The van der Waals surface area contributed by atoms with E-state index in [1.165, 1.54) is 45.6 Å². The van der Waals surface area contributed by atoms with Crippen molar-refractivity contribution >= 4 is 17.9 Å². The summed E-state index contributed by atoms with van der Waals surface area (Å²) in [6, 6.07) is 9.47. The molecule has 1 aromatic carbocycles. The maximum absolute atomic E-state index is 13.0. The van der Waals surface area contributed by atoms with Crippen LogP contribution in [0.15, 0.2) is 30.3 Å². The molecule has 1 saturated heterocycles. The van der Waals surface area contributed by atoms with Crippen LogP contribution in [0.2, 0.25) is 0 Å². The fourth-order valence-corrected chi connectivity index (χ4v) is 6.13. The van der Waals surface area contributed by atoms with E-state index in [0.29, 0.717) is 6.42 Å². The molecule has 1 aliphatic heterocycles. The molecule has 0 bridgehead atoms. The topological polar surface area (TPSA) is 116 Å². The summed E-state index contributed by atoms with van der Waals surface area (Å²) < 4.78 is 39.4. The van der Waals surface area contributed by atoms with Gasteiger partial charge in [0.1, 0.15) is 31.0 Å². The van der Waals surface area contributed by atoms with Gasteiger partial charge in [-0.2, -0.15) is 0 Å².